The van der Waals surface area contributed by atoms with Gasteiger partial charge >= 0.3 is 0 Å². The number of hydrogen-bond donors (Lipinski definition) is 7. The number of ketones is 1. The van der Waals surface area contributed by atoms with E-state index >= 15 is 4.79 Å². The summed E-state index contributed by atoms with van der Waals surface area (Å²) in [6, 6.07) is 26.0. The van der Waals surface area contributed by atoms with E-state index in [1.807, 2.05) is 54.7 Å². The number of benzene rings is 4. The van der Waals surface area contributed by atoms with Crippen molar-refractivity contribution in [3.63, 3.8) is 0 Å². The molecule has 1 fully saturated rings. The van der Waals surface area contributed by atoms with Gasteiger partial charge in [0.1, 0.15) is 17.4 Å². The Morgan fingerprint density at radius 1 is 0.938 bits per heavy atom. The Morgan fingerprint density at radius 3 is 2.61 bits per heavy atom. The fourth-order valence-corrected chi connectivity index (χ4v) is 10.4. The van der Waals surface area contributed by atoms with Crippen LogP contribution in [0.4, 0.5) is 11.5 Å². The molecule has 0 spiro atoms. The lowest BCUT2D eigenvalue weighted by atomic mass is 9.59. The van der Waals surface area contributed by atoms with Crippen LogP contribution in [0, 0.1) is 17.8 Å². The molecule has 3 heterocycles. The molecule has 2 aromatic heterocycles. The Morgan fingerprint density at radius 2 is 1.78 bits per heavy atom. The number of rotatable bonds is 19. The van der Waals surface area contributed by atoms with Gasteiger partial charge in [0.05, 0.1) is 25.2 Å². The van der Waals surface area contributed by atoms with E-state index < -0.39 is 17.4 Å². The van der Waals surface area contributed by atoms with Gasteiger partial charge in [0, 0.05) is 41.2 Å². The van der Waals surface area contributed by atoms with Crippen LogP contribution in [0.5, 0.6) is 34.5 Å². The van der Waals surface area contributed by atoms with E-state index in [0.717, 1.165) is 77.4 Å². The minimum absolute atomic E-state index is 0.0169. The zero-order valence-corrected chi connectivity index (χ0v) is 36.9. The molecular weight excluding hydrogens is 807 g/mol. The van der Waals surface area contributed by atoms with Crippen molar-refractivity contribution in [2.24, 2.45) is 17.8 Å². The lowest BCUT2D eigenvalue weighted by Crippen LogP contribution is -2.49. The van der Waals surface area contributed by atoms with Crippen molar-refractivity contribution >= 4 is 28.1 Å². The number of nitrogens with zero attached hydrogens (tertiary/aromatic N) is 1. The van der Waals surface area contributed by atoms with Crippen LogP contribution >= 0.6 is 0 Å². The average molecular weight is 868 g/mol. The lowest BCUT2D eigenvalue weighted by molar-refractivity contribution is -0.131. The van der Waals surface area contributed by atoms with E-state index in [9.17, 15) is 25.5 Å². The highest BCUT2D eigenvalue weighted by Gasteiger charge is 2.54. The van der Waals surface area contributed by atoms with Crippen molar-refractivity contribution in [2.45, 2.75) is 102 Å². The van der Waals surface area contributed by atoms with Gasteiger partial charge in [0.15, 0.2) is 23.0 Å². The van der Waals surface area contributed by atoms with Crippen molar-refractivity contribution < 1.29 is 39.8 Å². The van der Waals surface area contributed by atoms with Crippen LogP contribution in [-0.2, 0) is 35.9 Å². The van der Waals surface area contributed by atoms with Gasteiger partial charge in [-0.3, -0.25) is 4.79 Å². The number of aromatic amines is 1. The average Bonchev–Trinajstić information content (AvgIpc) is 3.97. The van der Waals surface area contributed by atoms with Gasteiger partial charge in [-0.2, -0.15) is 0 Å². The van der Waals surface area contributed by atoms with Crippen molar-refractivity contribution in [3.8, 4) is 34.5 Å². The van der Waals surface area contributed by atoms with Crippen LogP contribution < -0.4 is 14.8 Å². The molecule has 0 radical (unpaired) electrons. The summed E-state index contributed by atoms with van der Waals surface area (Å²) in [5.41, 5.74) is 4.60. The predicted octanol–water partition coefficient (Wildman–Crippen LogP) is 10.4. The third kappa shape index (κ3) is 9.79. The normalized spacial score (nSPS) is 18.1. The van der Waals surface area contributed by atoms with Crippen LogP contribution in [0.15, 0.2) is 97.3 Å². The van der Waals surface area contributed by atoms with E-state index in [0.29, 0.717) is 61.9 Å². The van der Waals surface area contributed by atoms with E-state index in [4.69, 9.17) is 14.5 Å². The fraction of sp³-hybridized carbons (Fsp3) is 0.396. The second-order valence-electron chi connectivity index (χ2n) is 18.2. The minimum Gasteiger partial charge on any atom is -0.508 e. The first kappa shape index (κ1) is 44.4. The first-order valence-corrected chi connectivity index (χ1v) is 22.9. The summed E-state index contributed by atoms with van der Waals surface area (Å²) in [5, 5.41) is 60.3. The number of aromatic hydroxyl groups is 4. The number of H-pyrrole nitrogens is 1. The van der Waals surface area contributed by atoms with Gasteiger partial charge in [-0.05, 0) is 170 Å². The molecule has 1 aliphatic carbocycles. The quantitative estimate of drug-likeness (QED) is 0.0306. The highest BCUT2D eigenvalue weighted by Crippen LogP contribution is 2.54. The molecule has 336 valence electrons. The number of aromatic nitrogens is 2. The highest BCUT2D eigenvalue weighted by molar-refractivity contribution is 5.87. The zero-order valence-electron chi connectivity index (χ0n) is 36.9. The number of phenols is 4. The van der Waals surface area contributed by atoms with Crippen LogP contribution in [0.1, 0.15) is 93.2 Å². The molecule has 7 N–H and O–H groups in total. The fourth-order valence-electron chi connectivity index (χ4n) is 10.4. The van der Waals surface area contributed by atoms with Gasteiger partial charge in [-0.1, -0.05) is 38.5 Å². The highest BCUT2D eigenvalue weighted by atomic mass is 16.5. The molecule has 4 atom stereocenters. The number of carbonyl (C=O) groups is 1. The second kappa shape index (κ2) is 19.7. The van der Waals surface area contributed by atoms with Crippen molar-refractivity contribution in [1.29, 1.82) is 0 Å². The number of ether oxygens (including phenoxy) is 2. The summed E-state index contributed by atoms with van der Waals surface area (Å²) >= 11 is 0. The number of nitrogens with one attached hydrogen (secondary N) is 2. The number of anilines is 2. The van der Waals surface area contributed by atoms with Crippen LogP contribution in [-0.4, -0.2) is 60.6 Å². The van der Waals surface area contributed by atoms with Gasteiger partial charge in [0.2, 0.25) is 5.75 Å². The third-order valence-corrected chi connectivity index (χ3v) is 13.5. The summed E-state index contributed by atoms with van der Waals surface area (Å²) in [7, 11) is 0. The Hall–Kier alpha value is -6.20. The maximum absolute atomic E-state index is 15.4. The number of aliphatic hydroxyl groups is 1. The molecule has 0 unspecified atom stereocenters. The molecule has 0 bridgehead atoms. The zero-order chi connectivity index (χ0) is 44.8. The first-order chi connectivity index (χ1) is 31.0. The maximum atomic E-state index is 15.4. The van der Waals surface area contributed by atoms with Crippen molar-refractivity contribution in [3.05, 3.63) is 125 Å². The minimum atomic E-state index is -1.04. The summed E-state index contributed by atoms with van der Waals surface area (Å²) in [4.78, 5) is 23.5. The predicted molar refractivity (Wildman–Crippen MR) is 249 cm³/mol. The molecule has 0 saturated heterocycles. The van der Waals surface area contributed by atoms with Gasteiger partial charge in [-0.15, -0.1) is 0 Å². The number of aliphatic hydroxyl groups excluding tert-OH is 1. The Kier molecular flexibility index (Phi) is 13.7. The van der Waals surface area contributed by atoms with Crippen molar-refractivity contribution in [1.82, 2.24) is 9.97 Å². The smallest absolute Gasteiger partial charge is 0.200 e. The monoisotopic (exact) mass is 867 g/mol. The summed E-state index contributed by atoms with van der Waals surface area (Å²) in [6.45, 7) is 5.20. The SMILES string of the molecule is CC(C)CCCOc1cc(CCC(=O)[C@H]([C@H](O)CCc2ccc(O)c3c2CCCO3)[C@@]2(c3ccnc(Nc4ccc5cc(O)ccc5c4)c3)CCC[C@H]2Cc2ccc[nH]2)cc(O)c1O. The van der Waals surface area contributed by atoms with Crippen LogP contribution in [0.25, 0.3) is 10.8 Å². The molecule has 2 aliphatic rings. The second-order valence-corrected chi connectivity index (χ2v) is 18.2. The summed E-state index contributed by atoms with van der Waals surface area (Å²) in [5.74, 6) is 0.570. The molecule has 0 amide bonds. The summed E-state index contributed by atoms with van der Waals surface area (Å²) in [6.07, 6.45) is 10.2. The van der Waals surface area contributed by atoms with Crippen molar-refractivity contribution in [2.75, 3.05) is 18.5 Å². The Bertz CT molecular complexity index is 2560. The van der Waals surface area contributed by atoms with Crippen LogP contribution in [0.3, 0.4) is 0 Å². The molecule has 6 aromatic rings. The largest absolute Gasteiger partial charge is 0.508 e. The molecule has 4 aromatic carbocycles. The van der Waals surface area contributed by atoms with Gasteiger partial charge in [0.25, 0.3) is 0 Å². The molecule has 1 saturated carbocycles. The van der Waals surface area contributed by atoms with Crippen LogP contribution in [0.2, 0.25) is 0 Å². The van der Waals surface area contributed by atoms with E-state index in [-0.39, 0.29) is 53.3 Å². The third-order valence-electron chi connectivity index (χ3n) is 13.5. The molecule has 11 nitrogen and oxygen atoms in total. The van der Waals surface area contributed by atoms with Gasteiger partial charge < -0.3 is 45.3 Å². The number of carbonyl (C=O) groups excluding carboxylic acids is 1. The molecule has 11 heteroatoms. The van der Waals surface area contributed by atoms with Gasteiger partial charge in [-0.25, -0.2) is 4.98 Å². The summed E-state index contributed by atoms with van der Waals surface area (Å²) < 4.78 is 11.8. The molecule has 64 heavy (non-hydrogen) atoms. The molecule has 1 aliphatic heterocycles. The number of fused-ring (bicyclic) bond motifs is 2. The molecular formula is C53H61N3O8. The maximum Gasteiger partial charge on any atom is 0.200 e. The Labute approximate surface area is 375 Å². The number of Topliss-reactive ketones (excluding diaryl/α,β-unsaturated/α-hetero) is 1. The number of aryl methyl sites for hydroxylation is 2. The lowest BCUT2D eigenvalue weighted by Gasteiger charge is -2.45. The van der Waals surface area contributed by atoms with E-state index in [1.54, 1.807) is 30.5 Å². The topological polar surface area (TPSA) is 177 Å². The first-order valence-electron chi connectivity index (χ1n) is 22.9. The number of phenolic OH excluding ortho intramolecular Hbond substituents is 4. The standard InChI is InChI=1S/C53H61N3O8/c1-33(2)7-5-25-63-48-28-34(27-47(61)51(48)62)11-18-44(58)50(45(59)19-14-35-15-20-46(60)52-43(35)10-6-26-64-52)53(22-3-8-38(53)31-40-9-4-23-54-40)39-21-24-55-49(32-39)56-41-16-12-37-30-42(57)17-13-36(37)29-41/h4,9,12-13,15-17,20-21,23-24,27-30,32-33,38,45,50,54,57,59-62H,3,5-8,10-11,14,18-19,22,25-26,31H2,1-2H3,(H,55,56)/t38-,45+,50+,53-/m0/s1. The number of pyridine rings is 1. The van der Waals surface area contributed by atoms with E-state index in [2.05, 4.69) is 30.2 Å². The Balaban J connectivity index is 1.16. The molecule has 8 rings (SSSR count). The van der Waals surface area contributed by atoms with E-state index in [1.165, 1.54) is 6.07 Å². The number of hydrogen-bond acceptors (Lipinski definition) is 10.